The van der Waals surface area contributed by atoms with Crippen LogP contribution in [0.5, 0.6) is 11.5 Å². The minimum absolute atomic E-state index is 0.00621. The van der Waals surface area contributed by atoms with Crippen molar-refractivity contribution in [2.45, 2.75) is 16.4 Å². The first-order valence-corrected chi connectivity index (χ1v) is 10.9. The van der Waals surface area contributed by atoms with Crippen molar-refractivity contribution >= 4 is 86.9 Å². The average Bonchev–Trinajstić information content (AvgIpc) is 2.69. The van der Waals surface area contributed by atoms with Crippen LogP contribution in [-0.2, 0) is 11.2 Å². The molecule has 0 bridgehead atoms. The first kappa shape index (κ1) is 25.9. The van der Waals surface area contributed by atoms with E-state index >= 15 is 0 Å². The van der Waals surface area contributed by atoms with Crippen LogP contribution in [0.3, 0.4) is 0 Å². The number of carbonyl (C=O) groups excluding carboxylic acids is 1. The smallest absolute Gasteiger partial charge is 0.228 e. The van der Waals surface area contributed by atoms with E-state index in [1.807, 2.05) is 0 Å². The molecular weight excluding hydrogens is 528 g/mol. The maximum Gasteiger partial charge on any atom is 0.228 e. The van der Waals surface area contributed by atoms with E-state index in [4.69, 9.17) is 79.7 Å². The van der Waals surface area contributed by atoms with Crippen molar-refractivity contribution in [2.24, 2.45) is 0 Å². The van der Waals surface area contributed by atoms with Gasteiger partial charge in [-0.1, -0.05) is 64.1 Å². The molecule has 168 valence electrons. The molecule has 1 amide bonds. The summed E-state index contributed by atoms with van der Waals surface area (Å²) in [6.45, 7) is 0. The summed E-state index contributed by atoms with van der Waals surface area (Å²) < 4.78 is 8.54. The summed E-state index contributed by atoms with van der Waals surface area (Å²) >= 11 is 35.2. The minimum atomic E-state index is -1.89. The van der Waals surface area contributed by atoms with Gasteiger partial charge in [-0.05, 0) is 48.1 Å². The van der Waals surface area contributed by atoms with Crippen LogP contribution in [0.15, 0.2) is 36.4 Å². The van der Waals surface area contributed by atoms with E-state index in [0.717, 1.165) is 0 Å². The first-order valence-electron chi connectivity index (χ1n) is 8.63. The summed E-state index contributed by atoms with van der Waals surface area (Å²) in [6, 6.07) is 9.97. The van der Waals surface area contributed by atoms with Crippen LogP contribution >= 0.6 is 70.2 Å². The minimum Gasteiger partial charge on any atom is -0.493 e. The molecule has 0 unspecified atom stereocenters. The zero-order valence-corrected chi connectivity index (χ0v) is 20.9. The Morgan fingerprint density at radius 3 is 2.26 bits per heavy atom. The number of ether oxygens (including phenoxy) is 2. The molecule has 0 fully saturated rings. The molecule has 2 rings (SSSR count). The quantitative estimate of drug-likeness (QED) is 0.248. The van der Waals surface area contributed by atoms with Crippen LogP contribution in [0, 0.1) is 0 Å². The predicted octanol–water partition coefficient (Wildman–Crippen LogP) is 5.35. The van der Waals surface area contributed by atoms with Crippen molar-refractivity contribution in [3.63, 3.8) is 0 Å². The van der Waals surface area contributed by atoms with Crippen molar-refractivity contribution in [1.82, 2.24) is 10.6 Å². The number of amides is 1. The number of rotatable bonds is 7. The maximum atomic E-state index is 12.6. The van der Waals surface area contributed by atoms with Gasteiger partial charge in [0, 0.05) is 5.69 Å². The van der Waals surface area contributed by atoms with Crippen molar-refractivity contribution in [3.05, 3.63) is 52.0 Å². The third kappa shape index (κ3) is 7.93. The van der Waals surface area contributed by atoms with Gasteiger partial charge in [0.15, 0.2) is 16.6 Å². The molecule has 12 heteroatoms. The van der Waals surface area contributed by atoms with E-state index in [9.17, 15) is 4.79 Å². The topological polar surface area (TPSA) is 71.6 Å². The Morgan fingerprint density at radius 1 is 1.00 bits per heavy atom. The Kier molecular flexibility index (Phi) is 9.61. The largest absolute Gasteiger partial charge is 0.493 e. The van der Waals surface area contributed by atoms with Gasteiger partial charge in [0.25, 0.3) is 0 Å². The van der Waals surface area contributed by atoms with Crippen LogP contribution in [0.25, 0.3) is 0 Å². The molecule has 1 atom stereocenters. The van der Waals surface area contributed by atoms with Gasteiger partial charge in [-0.25, -0.2) is 0 Å². The fourth-order valence-electron chi connectivity index (χ4n) is 2.46. The van der Waals surface area contributed by atoms with E-state index in [2.05, 4.69) is 16.0 Å². The van der Waals surface area contributed by atoms with Crippen molar-refractivity contribution in [2.75, 3.05) is 19.5 Å². The number of methoxy groups -OCH3 is 2. The van der Waals surface area contributed by atoms with Crippen molar-refractivity contribution in [1.29, 1.82) is 0 Å². The molecule has 0 spiro atoms. The molecule has 31 heavy (non-hydrogen) atoms. The second-order valence-corrected chi connectivity index (χ2v) is 9.73. The van der Waals surface area contributed by atoms with Gasteiger partial charge >= 0.3 is 0 Å². The van der Waals surface area contributed by atoms with Crippen LogP contribution < -0.4 is 25.4 Å². The summed E-state index contributed by atoms with van der Waals surface area (Å²) in [7, 11) is 3.03. The van der Waals surface area contributed by atoms with Crippen molar-refractivity contribution in [3.8, 4) is 11.5 Å². The average molecular weight is 546 g/mol. The Balaban J connectivity index is 2.04. The Labute approximate surface area is 210 Å². The summed E-state index contributed by atoms with van der Waals surface area (Å²) in [5.41, 5.74) is 1.24. The number of hydrogen-bond donors (Lipinski definition) is 3. The number of alkyl halides is 3. The number of carbonyl (C=O) groups is 1. The lowest BCUT2D eigenvalue weighted by molar-refractivity contribution is -0.121. The van der Waals surface area contributed by atoms with E-state index in [1.165, 1.54) is 14.2 Å². The molecule has 0 aliphatic rings. The fourth-order valence-corrected chi connectivity index (χ4v) is 3.32. The highest BCUT2D eigenvalue weighted by atomic mass is 35.6. The number of anilines is 1. The lowest BCUT2D eigenvalue weighted by Crippen LogP contribution is -2.56. The van der Waals surface area contributed by atoms with Gasteiger partial charge in [0.1, 0.15) is 6.17 Å². The van der Waals surface area contributed by atoms with E-state index < -0.39 is 15.9 Å². The van der Waals surface area contributed by atoms with Gasteiger partial charge in [-0.2, -0.15) is 0 Å². The molecule has 3 N–H and O–H groups in total. The van der Waals surface area contributed by atoms with Crippen LogP contribution in [0.2, 0.25) is 10.0 Å². The lowest BCUT2D eigenvalue weighted by atomic mass is 10.1. The zero-order chi connectivity index (χ0) is 23.2. The molecule has 0 radical (unpaired) electrons. The second kappa shape index (κ2) is 11.5. The molecule has 2 aromatic carbocycles. The molecular formula is C19H18Cl5N3O3S. The SMILES string of the molecule is COc1ccc(CC(=O)N[C@H](NC(=S)Nc2ccc(Cl)c(Cl)c2)C(Cl)(Cl)Cl)cc1OC. The third-order valence-corrected chi connectivity index (χ3v) is 5.51. The predicted molar refractivity (Wildman–Crippen MR) is 131 cm³/mol. The number of nitrogens with one attached hydrogen (secondary N) is 3. The van der Waals surface area contributed by atoms with Crippen LogP contribution in [0.1, 0.15) is 5.56 Å². The molecule has 2 aromatic rings. The molecule has 0 heterocycles. The third-order valence-electron chi connectivity index (χ3n) is 3.90. The first-order chi connectivity index (χ1) is 14.5. The van der Waals surface area contributed by atoms with Crippen LogP contribution in [-0.4, -0.2) is 35.2 Å². The summed E-state index contributed by atoms with van der Waals surface area (Å²) in [4.78, 5) is 12.6. The normalized spacial score (nSPS) is 12.0. The summed E-state index contributed by atoms with van der Waals surface area (Å²) in [6.07, 6.45) is -1.11. The highest BCUT2D eigenvalue weighted by Crippen LogP contribution is 2.30. The molecule has 0 aromatic heterocycles. The highest BCUT2D eigenvalue weighted by molar-refractivity contribution is 7.80. The molecule has 6 nitrogen and oxygen atoms in total. The Morgan fingerprint density at radius 2 is 1.68 bits per heavy atom. The number of benzene rings is 2. The van der Waals surface area contributed by atoms with Crippen LogP contribution in [0.4, 0.5) is 5.69 Å². The van der Waals surface area contributed by atoms with Gasteiger partial charge < -0.3 is 25.4 Å². The number of halogens is 5. The molecule has 0 aliphatic heterocycles. The Bertz CT molecular complexity index is 956. The van der Waals surface area contributed by atoms with Gasteiger partial charge in [0.2, 0.25) is 9.70 Å². The second-order valence-electron chi connectivity index (χ2n) is 6.14. The maximum absolute atomic E-state index is 12.6. The fraction of sp³-hybridized carbons (Fsp3) is 0.263. The van der Waals surface area contributed by atoms with Gasteiger partial charge in [-0.3, -0.25) is 4.79 Å². The van der Waals surface area contributed by atoms with Gasteiger partial charge in [-0.15, -0.1) is 0 Å². The number of hydrogen-bond acceptors (Lipinski definition) is 4. The van der Waals surface area contributed by atoms with Crippen molar-refractivity contribution < 1.29 is 14.3 Å². The zero-order valence-electron chi connectivity index (χ0n) is 16.3. The van der Waals surface area contributed by atoms with Gasteiger partial charge in [0.05, 0.1) is 30.7 Å². The van der Waals surface area contributed by atoms with E-state index in [0.29, 0.717) is 32.8 Å². The lowest BCUT2D eigenvalue weighted by Gasteiger charge is -2.28. The summed E-state index contributed by atoms with van der Waals surface area (Å²) in [5, 5.41) is 9.11. The van der Waals surface area contributed by atoms with E-state index in [1.54, 1.807) is 36.4 Å². The standard InChI is InChI=1S/C19H18Cl5N3O3S/c1-29-14-6-3-10(7-15(14)30-2)8-16(28)26-17(19(22,23)24)27-18(31)25-11-4-5-12(20)13(21)9-11/h3-7,9,17H,8H2,1-2H3,(H,26,28)(H2,25,27,31)/t17-/m1/s1. The van der Waals surface area contributed by atoms with E-state index in [-0.39, 0.29) is 11.5 Å². The number of thiocarbonyl (C=S) groups is 1. The molecule has 0 saturated carbocycles. The monoisotopic (exact) mass is 543 g/mol. The highest BCUT2D eigenvalue weighted by Gasteiger charge is 2.34. The Hall–Kier alpha value is -1.35. The molecule has 0 saturated heterocycles. The molecule has 0 aliphatic carbocycles. The summed E-state index contributed by atoms with van der Waals surface area (Å²) in [5.74, 6) is 0.635.